The zero-order valence-corrected chi connectivity index (χ0v) is 23.1. The second-order valence-corrected chi connectivity index (χ2v) is 10.6. The summed E-state index contributed by atoms with van der Waals surface area (Å²) in [5.74, 6) is 1.34. The number of rotatable bonds is 8. The number of carbonyl (C=O) groups excluding carboxylic acids is 2. The molecular formula is C28H28Cl2N2O4S. The van der Waals surface area contributed by atoms with Crippen molar-refractivity contribution in [3.63, 3.8) is 0 Å². The van der Waals surface area contributed by atoms with Crippen LogP contribution in [-0.4, -0.2) is 49.3 Å². The number of aryl methyl sites for hydroxylation is 1. The number of nitrogens with one attached hydrogen (secondary N) is 1. The van der Waals surface area contributed by atoms with E-state index in [0.717, 1.165) is 16.7 Å². The zero-order chi connectivity index (χ0) is 26.5. The summed E-state index contributed by atoms with van der Waals surface area (Å²) in [5, 5.41) is 3.49. The summed E-state index contributed by atoms with van der Waals surface area (Å²) < 4.78 is 10.7. The van der Waals surface area contributed by atoms with E-state index in [2.05, 4.69) is 5.32 Å². The van der Waals surface area contributed by atoms with E-state index in [0.29, 0.717) is 45.8 Å². The molecule has 2 amide bonds. The summed E-state index contributed by atoms with van der Waals surface area (Å²) >= 11 is 13.9. The van der Waals surface area contributed by atoms with Gasteiger partial charge in [0.15, 0.2) is 11.5 Å². The molecular weight excluding hydrogens is 531 g/mol. The number of halogens is 2. The number of hydrogen-bond acceptors (Lipinski definition) is 5. The largest absolute Gasteiger partial charge is 0.493 e. The molecule has 0 aromatic heterocycles. The molecule has 0 spiro atoms. The van der Waals surface area contributed by atoms with Crippen LogP contribution in [0.3, 0.4) is 0 Å². The summed E-state index contributed by atoms with van der Waals surface area (Å²) in [5.41, 5.74) is 3.40. The third kappa shape index (κ3) is 6.17. The molecule has 3 aromatic rings. The maximum absolute atomic E-state index is 13.7. The van der Waals surface area contributed by atoms with Crippen molar-refractivity contribution in [3.8, 4) is 11.5 Å². The van der Waals surface area contributed by atoms with Crippen LogP contribution in [0.2, 0.25) is 10.0 Å². The first-order valence-corrected chi connectivity index (χ1v) is 13.6. The maximum atomic E-state index is 13.7. The van der Waals surface area contributed by atoms with Crippen LogP contribution in [0.25, 0.3) is 0 Å². The third-order valence-electron chi connectivity index (χ3n) is 6.23. The van der Waals surface area contributed by atoms with E-state index < -0.39 is 6.04 Å². The number of ether oxygens (including phenoxy) is 2. The summed E-state index contributed by atoms with van der Waals surface area (Å²) in [4.78, 5) is 28.7. The number of methoxy groups -OCH3 is 2. The zero-order valence-electron chi connectivity index (χ0n) is 20.8. The quantitative estimate of drug-likeness (QED) is 0.371. The first kappa shape index (κ1) is 27.2. The minimum absolute atomic E-state index is 0.198. The minimum atomic E-state index is -0.635. The van der Waals surface area contributed by atoms with Crippen molar-refractivity contribution in [2.24, 2.45) is 0 Å². The molecule has 6 nitrogen and oxygen atoms in total. The standard InChI is InChI=1S/C28H28Cl2N2O4S/c1-17-4-7-19(8-5-17)27(34)32-23(16-37-28(32)20-9-10-21(29)22(30)15-20)26(33)31-13-12-18-6-11-24(35-2)25(14-18)36-3/h4-11,14-15,23,28H,12-13,16H2,1-3H3,(H,31,33). The number of hydrogen-bond donors (Lipinski definition) is 1. The third-order valence-corrected chi connectivity index (χ3v) is 8.29. The second-order valence-electron chi connectivity index (χ2n) is 8.68. The average Bonchev–Trinajstić information content (AvgIpc) is 3.35. The van der Waals surface area contributed by atoms with Gasteiger partial charge in [-0.05, 0) is 60.9 Å². The molecule has 1 heterocycles. The van der Waals surface area contributed by atoms with Crippen molar-refractivity contribution in [2.75, 3.05) is 26.5 Å². The van der Waals surface area contributed by atoms with Crippen LogP contribution >= 0.6 is 35.0 Å². The summed E-state index contributed by atoms with van der Waals surface area (Å²) in [7, 11) is 3.18. The van der Waals surface area contributed by atoms with Crippen molar-refractivity contribution in [2.45, 2.75) is 24.8 Å². The van der Waals surface area contributed by atoms with Gasteiger partial charge in [-0.3, -0.25) is 9.59 Å². The topological polar surface area (TPSA) is 67.9 Å². The first-order chi connectivity index (χ1) is 17.8. The van der Waals surface area contributed by atoms with Gasteiger partial charge in [0.25, 0.3) is 5.91 Å². The van der Waals surface area contributed by atoms with Crippen molar-refractivity contribution < 1.29 is 19.1 Å². The number of thioether (sulfide) groups is 1. The Morgan fingerprint density at radius 1 is 0.973 bits per heavy atom. The van der Waals surface area contributed by atoms with Gasteiger partial charge in [0, 0.05) is 17.9 Å². The van der Waals surface area contributed by atoms with Gasteiger partial charge < -0.3 is 19.7 Å². The van der Waals surface area contributed by atoms with Gasteiger partial charge in [-0.1, -0.05) is 53.0 Å². The summed E-state index contributed by atoms with van der Waals surface area (Å²) in [6.07, 6.45) is 0.605. The van der Waals surface area contributed by atoms with Gasteiger partial charge in [0.1, 0.15) is 11.4 Å². The highest BCUT2D eigenvalue weighted by Gasteiger charge is 2.42. The lowest BCUT2D eigenvalue weighted by molar-refractivity contribution is -0.124. The fraction of sp³-hybridized carbons (Fsp3) is 0.286. The fourth-order valence-corrected chi connectivity index (χ4v) is 5.93. The Bertz CT molecular complexity index is 1290. The van der Waals surface area contributed by atoms with Gasteiger partial charge in [0.2, 0.25) is 5.91 Å². The fourth-order valence-electron chi connectivity index (χ4n) is 4.21. The van der Waals surface area contributed by atoms with Crippen LogP contribution in [0.5, 0.6) is 11.5 Å². The van der Waals surface area contributed by atoms with E-state index in [1.165, 1.54) is 11.8 Å². The van der Waals surface area contributed by atoms with Crippen molar-refractivity contribution in [1.82, 2.24) is 10.2 Å². The van der Waals surface area contributed by atoms with Crippen molar-refractivity contribution >= 4 is 46.8 Å². The normalized spacial score (nSPS) is 16.9. The first-order valence-electron chi connectivity index (χ1n) is 11.8. The Morgan fingerprint density at radius 2 is 1.70 bits per heavy atom. The summed E-state index contributed by atoms with van der Waals surface area (Å²) in [6, 6.07) is 17.7. The Morgan fingerprint density at radius 3 is 2.38 bits per heavy atom. The number of amides is 2. The number of nitrogens with zero attached hydrogens (tertiary/aromatic N) is 1. The molecule has 0 radical (unpaired) electrons. The minimum Gasteiger partial charge on any atom is -0.493 e. The molecule has 2 unspecified atom stereocenters. The SMILES string of the molecule is COc1ccc(CCNC(=O)C2CSC(c3ccc(Cl)c(Cl)c3)N2C(=O)c2ccc(C)cc2)cc1OC. The van der Waals surface area contributed by atoms with Gasteiger partial charge >= 0.3 is 0 Å². The Labute approximate surface area is 231 Å². The van der Waals surface area contributed by atoms with E-state index >= 15 is 0 Å². The molecule has 4 rings (SSSR count). The second kappa shape index (κ2) is 12.1. The highest BCUT2D eigenvalue weighted by Crippen LogP contribution is 2.43. The Hall–Kier alpha value is -2.87. The predicted octanol–water partition coefficient (Wildman–Crippen LogP) is 5.93. The van der Waals surface area contributed by atoms with E-state index in [4.69, 9.17) is 32.7 Å². The molecule has 1 saturated heterocycles. The van der Waals surface area contributed by atoms with Gasteiger partial charge in [-0.15, -0.1) is 11.8 Å². The van der Waals surface area contributed by atoms with Crippen molar-refractivity contribution in [3.05, 3.63) is 93.0 Å². The van der Waals surface area contributed by atoms with Crippen LogP contribution in [0.1, 0.15) is 32.4 Å². The van der Waals surface area contributed by atoms with Crippen LogP contribution in [0.15, 0.2) is 60.7 Å². The van der Waals surface area contributed by atoms with Crippen LogP contribution in [-0.2, 0) is 11.2 Å². The van der Waals surface area contributed by atoms with Crippen LogP contribution in [0, 0.1) is 6.92 Å². The molecule has 2 atom stereocenters. The molecule has 0 saturated carbocycles. The van der Waals surface area contributed by atoms with E-state index in [1.807, 2.05) is 43.3 Å². The van der Waals surface area contributed by atoms with Gasteiger partial charge in [0.05, 0.1) is 24.3 Å². The Balaban J connectivity index is 1.52. The number of carbonyl (C=O) groups is 2. The average molecular weight is 560 g/mol. The van der Waals surface area contributed by atoms with Crippen LogP contribution in [0.4, 0.5) is 0 Å². The molecule has 1 aliphatic heterocycles. The molecule has 1 N–H and O–H groups in total. The molecule has 37 heavy (non-hydrogen) atoms. The van der Waals surface area contributed by atoms with Crippen molar-refractivity contribution in [1.29, 1.82) is 0 Å². The van der Waals surface area contributed by atoms with Gasteiger partial charge in [-0.2, -0.15) is 0 Å². The van der Waals surface area contributed by atoms with Gasteiger partial charge in [-0.25, -0.2) is 0 Å². The monoisotopic (exact) mass is 558 g/mol. The molecule has 1 aliphatic rings. The molecule has 1 fully saturated rings. The molecule has 194 valence electrons. The maximum Gasteiger partial charge on any atom is 0.255 e. The smallest absolute Gasteiger partial charge is 0.255 e. The summed E-state index contributed by atoms with van der Waals surface area (Å²) in [6.45, 7) is 2.38. The van der Waals surface area contributed by atoms with E-state index in [-0.39, 0.29) is 17.2 Å². The van der Waals surface area contributed by atoms with E-state index in [1.54, 1.807) is 43.4 Å². The molecule has 0 aliphatic carbocycles. The molecule has 9 heteroatoms. The lowest BCUT2D eigenvalue weighted by Crippen LogP contribution is -2.48. The highest BCUT2D eigenvalue weighted by molar-refractivity contribution is 7.99. The number of benzene rings is 3. The predicted molar refractivity (Wildman–Crippen MR) is 149 cm³/mol. The lowest BCUT2D eigenvalue weighted by Gasteiger charge is -2.29. The molecule has 0 bridgehead atoms. The highest BCUT2D eigenvalue weighted by atomic mass is 35.5. The molecule has 3 aromatic carbocycles. The van der Waals surface area contributed by atoms with E-state index in [9.17, 15) is 9.59 Å². The lowest BCUT2D eigenvalue weighted by atomic mass is 10.1. The Kier molecular flexibility index (Phi) is 8.90. The van der Waals surface area contributed by atoms with Crippen LogP contribution < -0.4 is 14.8 Å².